The van der Waals surface area contributed by atoms with Gasteiger partial charge in [-0.2, -0.15) is 0 Å². The Balaban J connectivity index is 1.97. The molecule has 0 bridgehead atoms. The van der Waals surface area contributed by atoms with Crippen LogP contribution in [0, 0.1) is 0 Å². The van der Waals surface area contributed by atoms with Crippen molar-refractivity contribution in [1.82, 2.24) is 4.57 Å². The third kappa shape index (κ3) is 2.55. The second kappa shape index (κ2) is 5.97. The van der Waals surface area contributed by atoms with Crippen molar-refractivity contribution in [2.45, 2.75) is 32.2 Å². The van der Waals surface area contributed by atoms with Crippen LogP contribution in [0.15, 0.2) is 35.1 Å². The summed E-state index contributed by atoms with van der Waals surface area (Å²) in [6.45, 7) is 2.59. The van der Waals surface area contributed by atoms with Gasteiger partial charge in [-0.25, -0.2) is 0 Å². The molecular weight excluding hydrogens is 276 g/mol. The van der Waals surface area contributed by atoms with Gasteiger partial charge in [-0.15, -0.1) is 0 Å². The number of aryl methyl sites for hydroxylation is 1. The Kier molecular flexibility index (Phi) is 4.03. The van der Waals surface area contributed by atoms with Gasteiger partial charge in [-0.1, -0.05) is 12.1 Å². The Labute approximate surface area is 130 Å². The number of aromatic nitrogens is 1. The van der Waals surface area contributed by atoms with Crippen LogP contribution in [0.5, 0.6) is 5.75 Å². The topological polar surface area (TPSA) is 57.2 Å². The number of pyridine rings is 1. The van der Waals surface area contributed by atoms with E-state index in [1.807, 2.05) is 44.3 Å². The summed E-state index contributed by atoms with van der Waals surface area (Å²) in [5.41, 5.74) is 10.4. The highest BCUT2D eigenvalue weighted by Gasteiger charge is 2.21. The zero-order valence-electron chi connectivity index (χ0n) is 13.1. The van der Waals surface area contributed by atoms with Gasteiger partial charge in [0.25, 0.3) is 5.56 Å². The lowest BCUT2D eigenvalue weighted by Crippen LogP contribution is -2.29. The molecule has 4 heteroatoms. The SMILES string of the molecule is CCOc1ccc(C(N)c2cc3c(n(C)c2=O)CCC3)cc1. The molecule has 1 heterocycles. The first-order valence-corrected chi connectivity index (χ1v) is 7.81. The Hall–Kier alpha value is -2.07. The maximum absolute atomic E-state index is 12.6. The molecule has 1 aromatic carbocycles. The average molecular weight is 298 g/mol. The normalized spacial score (nSPS) is 14.7. The first kappa shape index (κ1) is 14.9. The third-order valence-electron chi connectivity index (χ3n) is 4.40. The van der Waals surface area contributed by atoms with Crippen LogP contribution in [0.1, 0.15) is 41.8 Å². The van der Waals surface area contributed by atoms with E-state index in [0.717, 1.165) is 36.3 Å². The fraction of sp³-hybridized carbons (Fsp3) is 0.389. The minimum absolute atomic E-state index is 0.0158. The van der Waals surface area contributed by atoms with Crippen LogP contribution in [0.25, 0.3) is 0 Å². The van der Waals surface area contributed by atoms with Crippen molar-refractivity contribution in [3.63, 3.8) is 0 Å². The largest absolute Gasteiger partial charge is 0.494 e. The van der Waals surface area contributed by atoms with Gasteiger partial charge in [0.05, 0.1) is 12.6 Å². The van der Waals surface area contributed by atoms with Gasteiger partial charge < -0.3 is 15.0 Å². The monoisotopic (exact) mass is 298 g/mol. The number of rotatable bonds is 4. The number of nitrogens with two attached hydrogens (primary N) is 1. The van der Waals surface area contributed by atoms with E-state index < -0.39 is 6.04 Å². The highest BCUT2D eigenvalue weighted by molar-refractivity contribution is 5.38. The lowest BCUT2D eigenvalue weighted by atomic mass is 9.98. The molecule has 1 aliphatic carbocycles. The molecule has 0 spiro atoms. The molecule has 4 nitrogen and oxygen atoms in total. The molecule has 1 aromatic heterocycles. The summed E-state index contributed by atoms with van der Waals surface area (Å²) in [6.07, 6.45) is 3.14. The maximum Gasteiger partial charge on any atom is 0.255 e. The Bertz CT molecular complexity index is 732. The van der Waals surface area contributed by atoms with Crippen molar-refractivity contribution in [2.75, 3.05) is 6.61 Å². The zero-order valence-corrected chi connectivity index (χ0v) is 13.1. The summed E-state index contributed by atoms with van der Waals surface area (Å²) in [7, 11) is 1.85. The molecule has 0 saturated heterocycles. The van der Waals surface area contributed by atoms with E-state index in [2.05, 4.69) is 0 Å². The number of hydrogen-bond acceptors (Lipinski definition) is 3. The summed E-state index contributed by atoms with van der Waals surface area (Å²) in [6, 6.07) is 9.27. The molecule has 0 saturated carbocycles. The van der Waals surface area contributed by atoms with Gasteiger partial charge in [-0.05, 0) is 55.5 Å². The maximum atomic E-state index is 12.6. The van der Waals surface area contributed by atoms with E-state index in [0.29, 0.717) is 12.2 Å². The number of fused-ring (bicyclic) bond motifs is 1. The Morgan fingerprint density at radius 3 is 2.68 bits per heavy atom. The Morgan fingerprint density at radius 1 is 1.27 bits per heavy atom. The van der Waals surface area contributed by atoms with Gasteiger partial charge in [-0.3, -0.25) is 4.79 Å². The molecule has 0 radical (unpaired) electrons. The van der Waals surface area contributed by atoms with E-state index in [1.54, 1.807) is 4.57 Å². The first-order valence-electron chi connectivity index (χ1n) is 7.81. The summed E-state index contributed by atoms with van der Waals surface area (Å²) in [5, 5.41) is 0. The molecule has 116 valence electrons. The summed E-state index contributed by atoms with van der Waals surface area (Å²) >= 11 is 0. The lowest BCUT2D eigenvalue weighted by Gasteiger charge is -2.16. The molecule has 3 rings (SSSR count). The highest BCUT2D eigenvalue weighted by Crippen LogP contribution is 2.25. The van der Waals surface area contributed by atoms with Crippen molar-refractivity contribution in [1.29, 1.82) is 0 Å². The second-order valence-corrected chi connectivity index (χ2v) is 5.77. The number of ether oxygens (including phenoxy) is 1. The average Bonchev–Trinajstić information content (AvgIpc) is 3.00. The summed E-state index contributed by atoms with van der Waals surface area (Å²) in [5.74, 6) is 0.820. The summed E-state index contributed by atoms with van der Waals surface area (Å²) < 4.78 is 7.21. The van der Waals surface area contributed by atoms with Crippen LogP contribution in [-0.2, 0) is 19.9 Å². The molecular formula is C18H22N2O2. The van der Waals surface area contributed by atoms with Crippen molar-refractivity contribution in [3.8, 4) is 5.75 Å². The van der Waals surface area contributed by atoms with Gasteiger partial charge in [0.1, 0.15) is 5.75 Å². The van der Waals surface area contributed by atoms with Crippen LogP contribution in [0.2, 0.25) is 0 Å². The molecule has 0 amide bonds. The molecule has 0 fully saturated rings. The van der Waals surface area contributed by atoms with Crippen molar-refractivity contribution < 1.29 is 4.74 Å². The highest BCUT2D eigenvalue weighted by atomic mass is 16.5. The van der Waals surface area contributed by atoms with Gasteiger partial charge in [0.15, 0.2) is 0 Å². The van der Waals surface area contributed by atoms with E-state index in [1.165, 1.54) is 5.56 Å². The molecule has 22 heavy (non-hydrogen) atoms. The lowest BCUT2D eigenvalue weighted by molar-refractivity contribution is 0.340. The van der Waals surface area contributed by atoms with E-state index in [4.69, 9.17) is 10.5 Å². The van der Waals surface area contributed by atoms with Gasteiger partial charge in [0, 0.05) is 18.3 Å². The van der Waals surface area contributed by atoms with Crippen LogP contribution in [0.4, 0.5) is 0 Å². The minimum atomic E-state index is -0.403. The van der Waals surface area contributed by atoms with Crippen molar-refractivity contribution in [3.05, 3.63) is 63.1 Å². The second-order valence-electron chi connectivity index (χ2n) is 5.77. The van der Waals surface area contributed by atoms with E-state index in [-0.39, 0.29) is 5.56 Å². The molecule has 1 aliphatic rings. The first-order chi connectivity index (χ1) is 10.6. The van der Waals surface area contributed by atoms with Crippen LogP contribution >= 0.6 is 0 Å². The molecule has 2 aromatic rings. The zero-order chi connectivity index (χ0) is 15.7. The van der Waals surface area contributed by atoms with Crippen molar-refractivity contribution in [2.24, 2.45) is 12.8 Å². The number of benzene rings is 1. The Morgan fingerprint density at radius 2 is 2.00 bits per heavy atom. The van der Waals surface area contributed by atoms with Crippen molar-refractivity contribution >= 4 is 0 Å². The third-order valence-corrected chi connectivity index (χ3v) is 4.40. The van der Waals surface area contributed by atoms with Gasteiger partial charge >= 0.3 is 0 Å². The van der Waals surface area contributed by atoms with Gasteiger partial charge in [0.2, 0.25) is 0 Å². The van der Waals surface area contributed by atoms with Crippen LogP contribution in [-0.4, -0.2) is 11.2 Å². The van der Waals surface area contributed by atoms with Crippen LogP contribution in [0.3, 0.4) is 0 Å². The quantitative estimate of drug-likeness (QED) is 0.942. The summed E-state index contributed by atoms with van der Waals surface area (Å²) in [4.78, 5) is 12.6. The molecule has 1 atom stereocenters. The van der Waals surface area contributed by atoms with E-state index >= 15 is 0 Å². The minimum Gasteiger partial charge on any atom is -0.494 e. The standard InChI is InChI=1S/C18H22N2O2/c1-3-22-14-9-7-12(8-10-14)17(19)15-11-13-5-4-6-16(13)20(2)18(15)21/h7-11,17H,3-6,19H2,1-2H3. The smallest absolute Gasteiger partial charge is 0.255 e. The van der Waals surface area contributed by atoms with Crippen LogP contribution < -0.4 is 16.0 Å². The number of hydrogen-bond donors (Lipinski definition) is 1. The predicted molar refractivity (Wildman–Crippen MR) is 87.3 cm³/mol. The number of nitrogens with zero attached hydrogens (tertiary/aromatic N) is 1. The molecule has 0 aliphatic heterocycles. The fourth-order valence-corrected chi connectivity index (χ4v) is 3.20. The molecule has 1 unspecified atom stereocenters. The van der Waals surface area contributed by atoms with E-state index in [9.17, 15) is 4.79 Å². The molecule has 2 N–H and O–H groups in total. The fourth-order valence-electron chi connectivity index (χ4n) is 3.20. The predicted octanol–water partition coefficient (Wildman–Crippen LogP) is 2.32.